The molecule has 0 fully saturated rings. The Bertz CT molecular complexity index is 851. The molecule has 1 heterocycles. The number of rotatable bonds is 3. The molecule has 0 atom stereocenters. The first-order chi connectivity index (χ1) is 10.4. The maximum absolute atomic E-state index is 11.7. The molecule has 22 heavy (non-hydrogen) atoms. The number of para-hydroxylation sites is 2. The molecule has 4 nitrogen and oxygen atoms in total. The molecule has 0 saturated carbocycles. The molecule has 3 aromatic rings. The van der Waals surface area contributed by atoms with Crippen molar-refractivity contribution in [2.75, 3.05) is 0 Å². The maximum atomic E-state index is 11.7. The summed E-state index contributed by atoms with van der Waals surface area (Å²) in [5.74, 6) is -0.295. The van der Waals surface area contributed by atoms with Crippen LogP contribution >= 0.6 is 11.6 Å². The van der Waals surface area contributed by atoms with Crippen LogP contribution < -0.4 is 0 Å². The molecule has 1 N–H and O–H groups in total. The van der Waals surface area contributed by atoms with Gasteiger partial charge in [-0.2, -0.15) is 0 Å². The zero-order valence-corrected chi connectivity index (χ0v) is 13.0. The Morgan fingerprint density at radius 2 is 1.77 bits per heavy atom. The number of aliphatic carboxylic acids is 1. The minimum absolute atomic E-state index is 0.616. The predicted molar refractivity (Wildman–Crippen MR) is 87.1 cm³/mol. The molecular weight excluding hydrogens is 300 g/mol. The van der Waals surface area contributed by atoms with Crippen molar-refractivity contribution in [3.8, 4) is 11.4 Å². The molecule has 3 rings (SSSR count). The normalized spacial score (nSPS) is 11.8. The number of hydrogen-bond donors (Lipinski definition) is 1. The molecule has 0 aliphatic rings. The highest BCUT2D eigenvalue weighted by Crippen LogP contribution is 2.32. The summed E-state index contributed by atoms with van der Waals surface area (Å²) in [4.78, 5) is 16.3. The summed E-state index contributed by atoms with van der Waals surface area (Å²) in [6.45, 7) is 3.34. The van der Waals surface area contributed by atoms with Crippen LogP contribution in [0.15, 0.2) is 48.5 Å². The lowest BCUT2D eigenvalue weighted by Gasteiger charge is -2.24. The SMILES string of the molecule is CC(C)(C(=O)O)n1c(-c2ccc(Cl)cc2)nc2ccccc21. The number of carboxylic acids is 1. The van der Waals surface area contributed by atoms with Crippen molar-refractivity contribution in [3.63, 3.8) is 0 Å². The van der Waals surface area contributed by atoms with Gasteiger partial charge in [0.05, 0.1) is 11.0 Å². The summed E-state index contributed by atoms with van der Waals surface area (Å²) in [6, 6.07) is 14.8. The number of benzene rings is 2. The van der Waals surface area contributed by atoms with Gasteiger partial charge < -0.3 is 9.67 Å². The van der Waals surface area contributed by atoms with Crippen molar-refractivity contribution in [3.05, 3.63) is 53.6 Å². The summed E-state index contributed by atoms with van der Waals surface area (Å²) >= 11 is 5.94. The van der Waals surface area contributed by atoms with Crippen LogP contribution in [0, 0.1) is 0 Å². The van der Waals surface area contributed by atoms with Gasteiger partial charge in [-0.3, -0.25) is 0 Å². The van der Waals surface area contributed by atoms with Gasteiger partial charge >= 0.3 is 5.97 Å². The maximum Gasteiger partial charge on any atom is 0.329 e. The van der Waals surface area contributed by atoms with E-state index in [2.05, 4.69) is 4.98 Å². The standard InChI is InChI=1S/C17H15ClN2O2/c1-17(2,16(21)22)20-14-6-4-3-5-13(14)19-15(20)11-7-9-12(18)10-8-11/h3-10H,1-2H3,(H,21,22). The Hall–Kier alpha value is -2.33. The van der Waals surface area contributed by atoms with E-state index in [1.807, 2.05) is 36.4 Å². The van der Waals surface area contributed by atoms with Crippen molar-refractivity contribution in [1.29, 1.82) is 0 Å². The molecule has 112 valence electrons. The Kier molecular flexibility index (Phi) is 3.41. The molecule has 0 bridgehead atoms. The Morgan fingerprint density at radius 3 is 2.41 bits per heavy atom. The monoisotopic (exact) mass is 314 g/mol. The average molecular weight is 315 g/mol. The molecule has 1 aromatic heterocycles. The number of aromatic nitrogens is 2. The summed E-state index contributed by atoms with van der Waals surface area (Å²) in [5, 5.41) is 10.2. The number of halogens is 1. The fourth-order valence-corrected chi connectivity index (χ4v) is 2.61. The first-order valence-electron chi connectivity index (χ1n) is 6.88. The lowest BCUT2D eigenvalue weighted by Crippen LogP contribution is -2.36. The second-order valence-electron chi connectivity index (χ2n) is 5.63. The largest absolute Gasteiger partial charge is 0.480 e. The highest BCUT2D eigenvalue weighted by molar-refractivity contribution is 6.30. The Morgan fingerprint density at radius 1 is 1.14 bits per heavy atom. The fraction of sp³-hybridized carbons (Fsp3) is 0.176. The fourth-order valence-electron chi connectivity index (χ4n) is 2.48. The van der Waals surface area contributed by atoms with Gasteiger partial charge in [0, 0.05) is 10.6 Å². The second kappa shape index (κ2) is 5.14. The molecule has 2 aromatic carbocycles. The van der Waals surface area contributed by atoms with Crippen LogP contribution in [0.3, 0.4) is 0 Å². The smallest absolute Gasteiger partial charge is 0.329 e. The summed E-state index contributed by atoms with van der Waals surface area (Å²) < 4.78 is 1.76. The van der Waals surface area contributed by atoms with Crippen molar-refractivity contribution in [2.24, 2.45) is 0 Å². The van der Waals surface area contributed by atoms with Gasteiger partial charge in [-0.25, -0.2) is 9.78 Å². The highest BCUT2D eigenvalue weighted by Gasteiger charge is 2.33. The number of fused-ring (bicyclic) bond motifs is 1. The van der Waals surface area contributed by atoms with E-state index in [1.165, 1.54) is 0 Å². The number of carboxylic acid groups (broad SMARTS) is 1. The zero-order valence-electron chi connectivity index (χ0n) is 12.2. The van der Waals surface area contributed by atoms with Crippen LogP contribution in [0.25, 0.3) is 22.4 Å². The first kappa shape index (κ1) is 14.6. The lowest BCUT2D eigenvalue weighted by molar-refractivity contribution is -0.145. The van der Waals surface area contributed by atoms with Crippen molar-refractivity contribution >= 4 is 28.6 Å². The van der Waals surface area contributed by atoms with Crippen LogP contribution in [0.4, 0.5) is 0 Å². The lowest BCUT2D eigenvalue weighted by atomic mass is 10.0. The highest BCUT2D eigenvalue weighted by atomic mass is 35.5. The molecule has 0 radical (unpaired) electrons. The topological polar surface area (TPSA) is 55.1 Å². The molecule has 0 amide bonds. The predicted octanol–water partition coefficient (Wildman–Crippen LogP) is 4.18. The third-order valence-corrected chi connectivity index (χ3v) is 4.00. The van der Waals surface area contributed by atoms with E-state index in [0.29, 0.717) is 10.8 Å². The van der Waals surface area contributed by atoms with E-state index in [9.17, 15) is 9.90 Å². The molecule has 0 spiro atoms. The molecular formula is C17H15ClN2O2. The number of hydrogen-bond acceptors (Lipinski definition) is 2. The average Bonchev–Trinajstić information content (AvgIpc) is 2.87. The Balaban J connectivity index is 2.34. The van der Waals surface area contributed by atoms with Crippen LogP contribution in [-0.2, 0) is 10.3 Å². The van der Waals surface area contributed by atoms with Gasteiger partial charge in [0.15, 0.2) is 0 Å². The van der Waals surface area contributed by atoms with Gasteiger partial charge in [0.25, 0.3) is 0 Å². The summed E-state index contributed by atoms with van der Waals surface area (Å²) in [5.41, 5.74) is 1.27. The minimum Gasteiger partial charge on any atom is -0.480 e. The van der Waals surface area contributed by atoms with Crippen LogP contribution in [0.2, 0.25) is 5.02 Å². The van der Waals surface area contributed by atoms with E-state index in [1.54, 1.807) is 30.5 Å². The summed E-state index contributed by atoms with van der Waals surface area (Å²) in [7, 11) is 0. The first-order valence-corrected chi connectivity index (χ1v) is 7.26. The van der Waals surface area contributed by atoms with Gasteiger partial charge in [-0.05, 0) is 50.2 Å². The molecule has 0 saturated heterocycles. The molecule has 5 heteroatoms. The minimum atomic E-state index is -1.12. The van der Waals surface area contributed by atoms with E-state index in [4.69, 9.17) is 11.6 Å². The summed E-state index contributed by atoms with van der Waals surface area (Å²) in [6.07, 6.45) is 0. The number of carbonyl (C=O) groups is 1. The van der Waals surface area contributed by atoms with Gasteiger partial charge in [0.1, 0.15) is 11.4 Å². The van der Waals surface area contributed by atoms with Crippen molar-refractivity contribution < 1.29 is 9.90 Å². The number of imidazole rings is 1. The number of nitrogens with zero attached hydrogens (tertiary/aromatic N) is 2. The van der Waals surface area contributed by atoms with Crippen molar-refractivity contribution in [1.82, 2.24) is 9.55 Å². The third kappa shape index (κ3) is 2.25. The third-order valence-electron chi connectivity index (χ3n) is 3.75. The van der Waals surface area contributed by atoms with Gasteiger partial charge in [-0.1, -0.05) is 23.7 Å². The second-order valence-corrected chi connectivity index (χ2v) is 6.07. The molecule has 0 unspecified atom stereocenters. The molecule has 0 aliphatic heterocycles. The van der Waals surface area contributed by atoms with Crippen LogP contribution in [-0.4, -0.2) is 20.6 Å². The Labute approximate surface area is 133 Å². The molecule has 0 aliphatic carbocycles. The van der Waals surface area contributed by atoms with E-state index in [0.717, 1.165) is 16.6 Å². The quantitative estimate of drug-likeness (QED) is 0.789. The van der Waals surface area contributed by atoms with Crippen LogP contribution in [0.1, 0.15) is 13.8 Å². The van der Waals surface area contributed by atoms with Gasteiger partial charge in [-0.15, -0.1) is 0 Å². The van der Waals surface area contributed by atoms with Crippen molar-refractivity contribution in [2.45, 2.75) is 19.4 Å². The van der Waals surface area contributed by atoms with E-state index < -0.39 is 11.5 Å². The zero-order chi connectivity index (χ0) is 15.9. The van der Waals surface area contributed by atoms with Crippen LogP contribution in [0.5, 0.6) is 0 Å². The van der Waals surface area contributed by atoms with E-state index >= 15 is 0 Å². The van der Waals surface area contributed by atoms with E-state index in [-0.39, 0.29) is 0 Å². The van der Waals surface area contributed by atoms with Gasteiger partial charge in [0.2, 0.25) is 0 Å².